The summed E-state index contributed by atoms with van der Waals surface area (Å²) in [5.41, 5.74) is 4.76. The average molecular weight is 807 g/mol. The Hall–Kier alpha value is -4.34. The fourth-order valence-corrected chi connectivity index (χ4v) is 7.36. The second-order valence-corrected chi connectivity index (χ2v) is 14.6. The third-order valence-electron chi connectivity index (χ3n) is 10.5. The van der Waals surface area contributed by atoms with Crippen LogP contribution in [0.2, 0.25) is 0 Å². The van der Waals surface area contributed by atoms with Gasteiger partial charge < -0.3 is 52.8 Å². The lowest BCUT2D eigenvalue weighted by atomic mass is 9.97. The zero-order chi connectivity index (χ0) is 40.7. The molecule has 10 atom stereocenters. The van der Waals surface area contributed by atoms with Crippen molar-refractivity contribution >= 4 is 0 Å². The number of hydrogen-bond donors (Lipinski definition) is 2. The van der Waals surface area contributed by atoms with Gasteiger partial charge in [0.05, 0.1) is 46.2 Å². The number of methoxy groups -OCH3 is 1. The molecule has 0 amide bonds. The van der Waals surface area contributed by atoms with Gasteiger partial charge in [0.1, 0.15) is 48.8 Å². The van der Waals surface area contributed by atoms with Crippen LogP contribution in [0, 0.1) is 0 Å². The molecule has 5 aromatic carbocycles. The molecule has 2 N–H and O–H groups in total. The maximum Gasteiger partial charge on any atom is 0.186 e. The highest BCUT2D eigenvalue weighted by molar-refractivity contribution is 5.17. The van der Waals surface area contributed by atoms with Crippen LogP contribution in [0.25, 0.3) is 0 Å². The Labute approximate surface area is 346 Å². The van der Waals surface area contributed by atoms with Crippen LogP contribution < -0.4 is 0 Å². The number of aliphatic hydroxyl groups excluding tert-OH is 2. The van der Waals surface area contributed by atoms with Crippen LogP contribution in [-0.2, 0) is 75.7 Å². The van der Waals surface area contributed by atoms with Crippen LogP contribution in [0.15, 0.2) is 152 Å². The first kappa shape index (κ1) is 42.8. The van der Waals surface area contributed by atoms with Crippen molar-refractivity contribution in [2.24, 2.45) is 0 Å². The summed E-state index contributed by atoms with van der Waals surface area (Å²) < 4.78 is 58.0. The molecule has 0 aromatic heterocycles. The van der Waals surface area contributed by atoms with Crippen molar-refractivity contribution in [3.63, 3.8) is 0 Å². The highest BCUT2D eigenvalue weighted by atomic mass is 16.7. The summed E-state index contributed by atoms with van der Waals surface area (Å²) in [5.74, 6) is 0. The summed E-state index contributed by atoms with van der Waals surface area (Å²) in [5, 5.41) is 22.6. The molecule has 0 bridgehead atoms. The zero-order valence-corrected chi connectivity index (χ0v) is 33.2. The predicted octanol–water partition coefficient (Wildman–Crippen LogP) is 6.38. The molecule has 312 valence electrons. The molecule has 0 unspecified atom stereocenters. The number of aliphatic hydroxyl groups is 2. The van der Waals surface area contributed by atoms with Gasteiger partial charge in [-0.2, -0.15) is 0 Å². The maximum atomic E-state index is 11.9. The third kappa shape index (κ3) is 11.9. The van der Waals surface area contributed by atoms with E-state index in [-0.39, 0.29) is 39.6 Å². The normalized spacial score (nSPS) is 27.0. The van der Waals surface area contributed by atoms with Crippen LogP contribution in [0.4, 0.5) is 0 Å². The van der Waals surface area contributed by atoms with Crippen LogP contribution >= 0.6 is 0 Å². The molecule has 0 spiro atoms. The summed E-state index contributed by atoms with van der Waals surface area (Å²) in [7, 11) is 1.56. The summed E-state index contributed by atoms with van der Waals surface area (Å²) >= 11 is 0. The van der Waals surface area contributed by atoms with Crippen molar-refractivity contribution in [3.05, 3.63) is 179 Å². The fourth-order valence-electron chi connectivity index (χ4n) is 7.36. The number of ether oxygens (including phenoxy) is 9. The van der Waals surface area contributed by atoms with Gasteiger partial charge in [-0.15, -0.1) is 0 Å². The van der Waals surface area contributed by atoms with E-state index in [2.05, 4.69) is 0 Å². The Morgan fingerprint density at radius 2 is 0.746 bits per heavy atom. The topological polar surface area (TPSA) is 124 Å². The molecule has 0 saturated carbocycles. The van der Waals surface area contributed by atoms with Crippen LogP contribution in [0.3, 0.4) is 0 Å². The van der Waals surface area contributed by atoms with E-state index in [1.54, 1.807) is 7.11 Å². The van der Waals surface area contributed by atoms with E-state index >= 15 is 0 Å². The van der Waals surface area contributed by atoms with Crippen molar-refractivity contribution in [3.8, 4) is 0 Å². The zero-order valence-electron chi connectivity index (χ0n) is 33.2. The molecule has 2 fully saturated rings. The smallest absolute Gasteiger partial charge is 0.186 e. The lowest BCUT2D eigenvalue weighted by Crippen LogP contribution is -2.63. The van der Waals surface area contributed by atoms with Crippen molar-refractivity contribution < 1.29 is 52.8 Å². The average Bonchev–Trinajstić information content (AvgIpc) is 3.29. The van der Waals surface area contributed by atoms with E-state index in [1.807, 2.05) is 152 Å². The van der Waals surface area contributed by atoms with Gasteiger partial charge in [-0.1, -0.05) is 152 Å². The van der Waals surface area contributed by atoms with Gasteiger partial charge >= 0.3 is 0 Å². The van der Waals surface area contributed by atoms with Crippen LogP contribution in [0.5, 0.6) is 0 Å². The largest absolute Gasteiger partial charge is 0.394 e. The molecule has 2 heterocycles. The summed E-state index contributed by atoms with van der Waals surface area (Å²) in [4.78, 5) is 0. The number of rotatable bonds is 20. The SMILES string of the molecule is CO[C@H]1O[C@H](CO[C@H]2O[C@H](CO)[C@@H](OCc3ccccc3)[C@H](OCc3ccccc3)[C@H]2O)[C@@H](OCc2ccccc2)[C@H](OCc2ccccc2)[C@H]1OCc1ccccc1. The predicted molar refractivity (Wildman–Crippen MR) is 218 cm³/mol. The fraction of sp³-hybridized carbons (Fsp3) is 0.375. The van der Waals surface area contributed by atoms with Crippen molar-refractivity contribution in [2.75, 3.05) is 20.3 Å². The first-order chi connectivity index (χ1) is 29.1. The van der Waals surface area contributed by atoms with Gasteiger partial charge in [-0.25, -0.2) is 0 Å². The van der Waals surface area contributed by atoms with E-state index in [9.17, 15) is 10.2 Å². The Bertz CT molecular complexity index is 1890. The van der Waals surface area contributed by atoms with Gasteiger partial charge in [-0.05, 0) is 27.8 Å². The Morgan fingerprint density at radius 3 is 1.14 bits per heavy atom. The van der Waals surface area contributed by atoms with E-state index in [1.165, 1.54) is 0 Å². The molecule has 0 radical (unpaired) electrons. The molecule has 5 aromatic rings. The van der Waals surface area contributed by atoms with E-state index < -0.39 is 68.0 Å². The molecule has 11 nitrogen and oxygen atoms in total. The van der Waals surface area contributed by atoms with Gasteiger partial charge in [-0.3, -0.25) is 0 Å². The van der Waals surface area contributed by atoms with Crippen LogP contribution in [-0.4, -0.2) is 91.9 Å². The molecule has 2 aliphatic rings. The van der Waals surface area contributed by atoms with Gasteiger partial charge in [0.15, 0.2) is 12.6 Å². The minimum Gasteiger partial charge on any atom is -0.394 e. The third-order valence-corrected chi connectivity index (χ3v) is 10.5. The quantitative estimate of drug-likeness (QED) is 0.0912. The number of hydrogen-bond acceptors (Lipinski definition) is 11. The molecular formula is C48H54O11. The first-order valence-corrected chi connectivity index (χ1v) is 20.1. The Kier molecular flexibility index (Phi) is 16.2. The highest BCUT2D eigenvalue weighted by Gasteiger charge is 2.51. The second-order valence-electron chi connectivity index (χ2n) is 14.6. The van der Waals surface area contributed by atoms with Gasteiger partial charge in [0.25, 0.3) is 0 Å². The molecular weight excluding hydrogens is 753 g/mol. The summed E-state index contributed by atoms with van der Waals surface area (Å²) in [6.45, 7) is 0.735. The monoisotopic (exact) mass is 806 g/mol. The first-order valence-electron chi connectivity index (χ1n) is 20.1. The van der Waals surface area contributed by atoms with Gasteiger partial charge in [0, 0.05) is 7.11 Å². The van der Waals surface area contributed by atoms with E-state index in [4.69, 9.17) is 42.6 Å². The van der Waals surface area contributed by atoms with Crippen molar-refractivity contribution in [2.45, 2.75) is 94.4 Å². The minimum atomic E-state index is -1.31. The minimum absolute atomic E-state index is 0.100. The Morgan fingerprint density at radius 1 is 0.407 bits per heavy atom. The summed E-state index contributed by atoms with van der Waals surface area (Å²) in [6.07, 6.45) is -8.91. The summed E-state index contributed by atoms with van der Waals surface area (Å²) in [6, 6.07) is 48.9. The molecule has 0 aliphatic carbocycles. The number of benzene rings is 5. The lowest BCUT2D eigenvalue weighted by Gasteiger charge is -2.47. The van der Waals surface area contributed by atoms with Crippen LogP contribution in [0.1, 0.15) is 27.8 Å². The standard InChI is InChI=1S/C48H54O11/c1-51-48-46(56-32-38-25-15-6-16-26-38)45(55-31-37-23-13-5-14-24-37)43(53-29-35-19-9-3-10-20-35)40(59-48)33-57-47-41(50)44(54-30-36-21-11-4-12-22-36)42(39(27-49)58-47)52-28-34-17-7-2-8-18-34/h2-26,39-50H,27-33H2,1H3/t39-,40-,41-,42-,43-,44-,45+,46-,47+,48+/m1/s1. The molecule has 11 heteroatoms. The van der Waals surface area contributed by atoms with Crippen molar-refractivity contribution in [1.29, 1.82) is 0 Å². The highest BCUT2D eigenvalue weighted by Crippen LogP contribution is 2.33. The maximum absolute atomic E-state index is 11.9. The van der Waals surface area contributed by atoms with E-state index in [0.29, 0.717) is 0 Å². The molecule has 7 rings (SSSR count). The molecule has 59 heavy (non-hydrogen) atoms. The lowest BCUT2D eigenvalue weighted by molar-refractivity contribution is -0.346. The molecule has 2 aliphatic heterocycles. The van der Waals surface area contributed by atoms with Crippen molar-refractivity contribution in [1.82, 2.24) is 0 Å². The van der Waals surface area contributed by atoms with Gasteiger partial charge in [0.2, 0.25) is 0 Å². The molecule has 2 saturated heterocycles. The second kappa shape index (κ2) is 22.3. The Balaban J connectivity index is 1.13. The van der Waals surface area contributed by atoms with E-state index in [0.717, 1.165) is 27.8 Å².